The van der Waals surface area contributed by atoms with Crippen molar-refractivity contribution in [2.24, 2.45) is 10.7 Å². The second kappa shape index (κ2) is 5.92. The molecule has 0 bridgehead atoms. The van der Waals surface area contributed by atoms with Crippen LogP contribution >= 0.6 is 11.6 Å². The zero-order chi connectivity index (χ0) is 14.7. The molecule has 5 heteroatoms. The molecule has 0 saturated carbocycles. The lowest BCUT2D eigenvalue weighted by Gasteiger charge is -2.15. The Labute approximate surface area is 122 Å². The average Bonchev–Trinajstić information content (AvgIpc) is 2.75. The minimum Gasteiger partial charge on any atom is -0.454 e. The number of nitrogens with zero attached hydrogens (tertiary/aromatic N) is 1. The highest BCUT2D eigenvalue weighted by molar-refractivity contribution is 6.31. The molecule has 0 aromatic heterocycles. The number of carbonyl (C=O) groups is 1. The van der Waals surface area contributed by atoms with E-state index in [1.54, 1.807) is 25.4 Å². The Morgan fingerprint density at radius 1 is 1.60 bits per heavy atom. The fourth-order valence-electron chi connectivity index (χ4n) is 2.14. The molecule has 1 aromatic carbocycles. The molecule has 0 amide bonds. The fraction of sp³-hybridized carbons (Fsp3) is 0.200. The summed E-state index contributed by atoms with van der Waals surface area (Å²) in [6.45, 7) is 3.69. The van der Waals surface area contributed by atoms with E-state index in [0.717, 1.165) is 16.7 Å². The van der Waals surface area contributed by atoms with Crippen LogP contribution in [0.2, 0.25) is 5.02 Å². The lowest BCUT2D eigenvalue weighted by atomic mass is 9.95. The summed E-state index contributed by atoms with van der Waals surface area (Å²) in [4.78, 5) is 15.5. The lowest BCUT2D eigenvalue weighted by Crippen LogP contribution is -2.04. The quantitative estimate of drug-likeness (QED) is 0.529. The molecular weight excluding hydrogens is 276 g/mol. The molecule has 1 atom stereocenters. The molecule has 0 spiro atoms. The molecule has 2 N–H and O–H groups in total. The maximum Gasteiger partial charge on any atom is 0.334 e. The third-order valence-corrected chi connectivity index (χ3v) is 3.33. The number of halogens is 1. The Morgan fingerprint density at radius 2 is 2.35 bits per heavy atom. The molecule has 1 heterocycles. The number of ether oxygens (including phenoxy) is 1. The number of hydrogen-bond donors (Lipinski definition) is 1. The number of cyclic esters (lactones) is 1. The van der Waals surface area contributed by atoms with Crippen LogP contribution in [0.4, 0.5) is 0 Å². The molecule has 0 aliphatic carbocycles. The van der Waals surface area contributed by atoms with Gasteiger partial charge in [-0.25, -0.2) is 4.79 Å². The first-order chi connectivity index (χ1) is 9.56. The van der Waals surface area contributed by atoms with E-state index in [0.29, 0.717) is 17.0 Å². The Morgan fingerprint density at radius 3 is 2.90 bits per heavy atom. The Balaban J connectivity index is 2.49. The second-order valence-electron chi connectivity index (χ2n) is 4.44. The van der Waals surface area contributed by atoms with Crippen LogP contribution in [0.15, 0.2) is 41.5 Å². The Kier molecular flexibility index (Phi) is 4.25. The summed E-state index contributed by atoms with van der Waals surface area (Å²) in [5.74, 6) is -0.363. The molecule has 2 rings (SSSR count). The predicted molar refractivity (Wildman–Crippen MR) is 80.6 cm³/mol. The summed E-state index contributed by atoms with van der Waals surface area (Å²) >= 11 is 6.04. The predicted octanol–water partition coefficient (Wildman–Crippen LogP) is 2.88. The zero-order valence-electron chi connectivity index (χ0n) is 11.1. The van der Waals surface area contributed by atoms with E-state index in [1.807, 2.05) is 6.07 Å². The van der Waals surface area contributed by atoms with Crippen LogP contribution < -0.4 is 5.73 Å². The zero-order valence-corrected chi connectivity index (χ0v) is 11.9. The summed E-state index contributed by atoms with van der Waals surface area (Å²) in [6, 6.07) is 5.37. The van der Waals surface area contributed by atoms with Gasteiger partial charge in [-0.15, -0.1) is 0 Å². The first kappa shape index (κ1) is 14.3. The van der Waals surface area contributed by atoms with E-state index in [4.69, 9.17) is 22.1 Å². The summed E-state index contributed by atoms with van der Waals surface area (Å²) in [7, 11) is 1.66. The number of carbonyl (C=O) groups excluding carboxylic acids is 1. The van der Waals surface area contributed by atoms with Gasteiger partial charge in [0.1, 0.15) is 6.10 Å². The van der Waals surface area contributed by atoms with Crippen LogP contribution in [-0.2, 0) is 9.53 Å². The van der Waals surface area contributed by atoms with Crippen LogP contribution in [0.3, 0.4) is 0 Å². The largest absolute Gasteiger partial charge is 0.454 e. The molecule has 1 fully saturated rings. The summed E-state index contributed by atoms with van der Waals surface area (Å²) in [5.41, 5.74) is 8.48. The van der Waals surface area contributed by atoms with E-state index >= 15 is 0 Å². The van der Waals surface area contributed by atoms with Gasteiger partial charge in [0, 0.05) is 47.6 Å². The van der Waals surface area contributed by atoms with Crippen molar-refractivity contribution in [3.05, 3.63) is 52.7 Å². The maximum atomic E-state index is 11.5. The Bertz CT molecular complexity index is 604. The molecule has 4 nitrogen and oxygen atoms in total. The molecule has 1 aliphatic heterocycles. The number of rotatable bonds is 3. The van der Waals surface area contributed by atoms with Crippen LogP contribution in [0.25, 0.3) is 5.57 Å². The van der Waals surface area contributed by atoms with Gasteiger partial charge in [-0.05, 0) is 17.7 Å². The Hall–Kier alpha value is -2.07. The number of nitrogens with two attached hydrogens (primary N) is 1. The van der Waals surface area contributed by atoms with Crippen molar-refractivity contribution in [2.45, 2.75) is 12.5 Å². The molecule has 20 heavy (non-hydrogen) atoms. The van der Waals surface area contributed by atoms with Crippen molar-refractivity contribution in [1.29, 1.82) is 0 Å². The molecule has 1 saturated heterocycles. The number of aliphatic imine (C=N–C) groups is 1. The summed E-state index contributed by atoms with van der Waals surface area (Å²) in [5, 5.41) is 0.579. The van der Waals surface area contributed by atoms with Gasteiger partial charge in [0.25, 0.3) is 0 Å². The lowest BCUT2D eigenvalue weighted by molar-refractivity contribution is -0.139. The highest BCUT2D eigenvalue weighted by Crippen LogP contribution is 2.36. The van der Waals surface area contributed by atoms with E-state index in [2.05, 4.69) is 11.6 Å². The highest BCUT2D eigenvalue weighted by Gasteiger charge is 2.30. The number of esters is 1. The van der Waals surface area contributed by atoms with Crippen LogP contribution in [0.5, 0.6) is 0 Å². The standard InChI is InChI=1S/C15H15ClN2O2/c1-9-5-14(20-15(9)19)12-4-3-11(16)6-13(12)10(7-17)8-18-2/h3-4,6-8,14H,1,5,17H2,2H3/b10-7+,18-8?. The smallest absolute Gasteiger partial charge is 0.334 e. The van der Waals surface area contributed by atoms with Gasteiger partial charge in [-0.1, -0.05) is 24.2 Å². The third-order valence-electron chi connectivity index (χ3n) is 3.09. The van der Waals surface area contributed by atoms with E-state index in [-0.39, 0.29) is 12.1 Å². The van der Waals surface area contributed by atoms with Crippen LogP contribution in [0.1, 0.15) is 23.7 Å². The summed E-state index contributed by atoms with van der Waals surface area (Å²) in [6.07, 6.45) is 3.20. The third kappa shape index (κ3) is 2.75. The van der Waals surface area contributed by atoms with Crippen LogP contribution in [0, 0.1) is 0 Å². The van der Waals surface area contributed by atoms with E-state index < -0.39 is 0 Å². The molecule has 104 valence electrons. The highest BCUT2D eigenvalue weighted by atomic mass is 35.5. The normalized spacial score (nSPS) is 19.7. The minimum atomic E-state index is -0.363. The number of allylic oxidation sites excluding steroid dienone is 1. The molecule has 0 radical (unpaired) electrons. The minimum absolute atomic E-state index is 0.359. The molecular formula is C15H15ClN2O2. The van der Waals surface area contributed by atoms with Crippen molar-refractivity contribution in [2.75, 3.05) is 7.05 Å². The van der Waals surface area contributed by atoms with Gasteiger partial charge in [-0.2, -0.15) is 0 Å². The van der Waals surface area contributed by atoms with Crippen molar-refractivity contribution in [3.8, 4) is 0 Å². The van der Waals surface area contributed by atoms with Gasteiger partial charge in [-0.3, -0.25) is 4.99 Å². The second-order valence-corrected chi connectivity index (χ2v) is 4.88. The van der Waals surface area contributed by atoms with Gasteiger partial charge in [0.2, 0.25) is 0 Å². The SMILES string of the molecule is C=C1CC(c2ccc(Cl)cc2/C(C=NC)=C/N)OC1=O. The van der Waals surface area contributed by atoms with Crippen molar-refractivity contribution in [3.63, 3.8) is 0 Å². The van der Waals surface area contributed by atoms with Crippen molar-refractivity contribution < 1.29 is 9.53 Å². The monoisotopic (exact) mass is 290 g/mol. The van der Waals surface area contributed by atoms with Crippen LogP contribution in [-0.4, -0.2) is 19.2 Å². The van der Waals surface area contributed by atoms with E-state index in [1.165, 1.54) is 6.20 Å². The maximum absolute atomic E-state index is 11.5. The topological polar surface area (TPSA) is 64.7 Å². The van der Waals surface area contributed by atoms with Gasteiger partial charge >= 0.3 is 5.97 Å². The van der Waals surface area contributed by atoms with Gasteiger partial charge < -0.3 is 10.5 Å². The summed E-state index contributed by atoms with van der Waals surface area (Å²) < 4.78 is 5.32. The van der Waals surface area contributed by atoms with Crippen molar-refractivity contribution in [1.82, 2.24) is 0 Å². The fourth-order valence-corrected chi connectivity index (χ4v) is 2.31. The van der Waals surface area contributed by atoms with Gasteiger partial charge in [0.05, 0.1) is 0 Å². The number of hydrogen-bond acceptors (Lipinski definition) is 4. The first-order valence-electron chi connectivity index (χ1n) is 6.09. The molecule has 1 unspecified atom stereocenters. The van der Waals surface area contributed by atoms with Crippen molar-refractivity contribution >= 4 is 29.4 Å². The van der Waals surface area contributed by atoms with Gasteiger partial charge in [0.15, 0.2) is 0 Å². The first-order valence-corrected chi connectivity index (χ1v) is 6.47. The van der Waals surface area contributed by atoms with E-state index in [9.17, 15) is 4.79 Å². The average molecular weight is 291 g/mol. The number of benzene rings is 1. The molecule has 1 aliphatic rings. The molecule has 1 aromatic rings.